The molecule has 0 amide bonds. The molecule has 10 heteroatoms. The van der Waals surface area contributed by atoms with E-state index in [0.717, 1.165) is 23.1 Å². The summed E-state index contributed by atoms with van der Waals surface area (Å²) in [4.78, 5) is 0.615. The van der Waals surface area contributed by atoms with Gasteiger partial charge in [-0.25, -0.2) is 17.5 Å². The Morgan fingerprint density at radius 2 is 2.00 bits per heavy atom. The van der Waals surface area contributed by atoms with Gasteiger partial charge >= 0.3 is 6.61 Å². The lowest BCUT2D eigenvalue weighted by molar-refractivity contribution is -0.0498. The second kappa shape index (κ2) is 7.67. The molecule has 1 atom stereocenters. The fourth-order valence-corrected chi connectivity index (χ4v) is 5.25. The topological polar surface area (TPSA) is 55.4 Å². The number of halogens is 4. The molecule has 1 N–H and O–H groups in total. The smallest absolute Gasteiger partial charge is 0.387 e. The van der Waals surface area contributed by atoms with Gasteiger partial charge in [0.15, 0.2) is 0 Å². The first-order valence-electron chi connectivity index (χ1n) is 7.45. The number of ether oxygens (including phenoxy) is 1. The van der Waals surface area contributed by atoms with E-state index in [1.165, 1.54) is 23.9 Å². The van der Waals surface area contributed by atoms with E-state index in [2.05, 4.69) is 9.46 Å². The van der Waals surface area contributed by atoms with Gasteiger partial charge in [0.05, 0.1) is 9.92 Å². The number of alkyl halides is 2. The van der Waals surface area contributed by atoms with Crippen molar-refractivity contribution in [2.75, 3.05) is 5.75 Å². The maximum Gasteiger partial charge on any atom is 0.387 e. The fourth-order valence-electron chi connectivity index (χ4n) is 2.58. The maximum atomic E-state index is 13.5. The van der Waals surface area contributed by atoms with Crippen LogP contribution in [0.3, 0.4) is 0 Å². The summed E-state index contributed by atoms with van der Waals surface area (Å²) in [6, 6.07) is 6.87. The Morgan fingerprint density at radius 1 is 1.23 bits per heavy atom. The van der Waals surface area contributed by atoms with E-state index in [4.69, 9.17) is 11.6 Å². The Bertz CT molecular complexity index is 925. The molecule has 1 aliphatic heterocycles. The van der Waals surface area contributed by atoms with Crippen molar-refractivity contribution in [2.45, 2.75) is 28.9 Å². The predicted molar refractivity (Wildman–Crippen MR) is 92.9 cm³/mol. The minimum atomic E-state index is -3.99. The number of sulfonamides is 1. The molecule has 3 rings (SSSR count). The lowest BCUT2D eigenvalue weighted by Gasteiger charge is -2.26. The molecular formula is C16H13ClF3NO3S2. The molecule has 0 saturated heterocycles. The summed E-state index contributed by atoms with van der Waals surface area (Å²) >= 11 is 7.34. The average Bonchev–Trinajstić information content (AvgIpc) is 2.56. The van der Waals surface area contributed by atoms with Crippen LogP contribution < -0.4 is 9.46 Å². The van der Waals surface area contributed by atoms with Crippen LogP contribution in [0.2, 0.25) is 5.02 Å². The van der Waals surface area contributed by atoms with Crippen LogP contribution in [0.1, 0.15) is 18.0 Å². The molecular weight excluding hydrogens is 411 g/mol. The summed E-state index contributed by atoms with van der Waals surface area (Å²) in [5.74, 6) is -0.0950. The van der Waals surface area contributed by atoms with Gasteiger partial charge in [0, 0.05) is 10.9 Å². The van der Waals surface area contributed by atoms with Crippen molar-refractivity contribution < 1.29 is 26.3 Å². The number of benzene rings is 2. The first kappa shape index (κ1) is 19.3. The minimum Gasteiger partial charge on any atom is -0.433 e. The molecule has 4 nitrogen and oxygen atoms in total. The highest BCUT2D eigenvalue weighted by Gasteiger charge is 2.27. The largest absolute Gasteiger partial charge is 0.433 e. The van der Waals surface area contributed by atoms with E-state index in [-0.39, 0.29) is 15.7 Å². The van der Waals surface area contributed by atoms with Crippen LogP contribution >= 0.6 is 23.4 Å². The summed E-state index contributed by atoms with van der Waals surface area (Å²) in [5, 5.41) is -0.251. The zero-order chi connectivity index (χ0) is 18.9. The zero-order valence-corrected chi connectivity index (χ0v) is 15.5. The molecule has 0 radical (unpaired) electrons. The highest BCUT2D eigenvalue weighted by molar-refractivity contribution is 7.99. The summed E-state index contributed by atoms with van der Waals surface area (Å²) in [7, 11) is -3.99. The molecule has 140 valence electrons. The summed E-state index contributed by atoms with van der Waals surface area (Å²) in [6.07, 6.45) is 0.487. The molecule has 2 aromatic carbocycles. The molecule has 0 aromatic heterocycles. The second-order valence-corrected chi connectivity index (χ2v) is 8.72. The summed E-state index contributed by atoms with van der Waals surface area (Å²) in [5.41, 5.74) is 0.563. The van der Waals surface area contributed by atoms with Gasteiger partial charge in [0.2, 0.25) is 10.0 Å². The molecule has 0 bridgehead atoms. The number of thioether (sulfide) groups is 1. The first-order valence-corrected chi connectivity index (χ1v) is 10.3. The molecule has 1 aliphatic rings. The third kappa shape index (κ3) is 4.28. The molecule has 0 spiro atoms. The van der Waals surface area contributed by atoms with Crippen molar-refractivity contribution >= 4 is 33.4 Å². The first-order chi connectivity index (χ1) is 12.3. The van der Waals surface area contributed by atoms with E-state index in [9.17, 15) is 21.6 Å². The van der Waals surface area contributed by atoms with Crippen LogP contribution in [0.4, 0.5) is 13.2 Å². The minimum absolute atomic E-state index is 0.194. The van der Waals surface area contributed by atoms with E-state index >= 15 is 0 Å². The maximum absolute atomic E-state index is 13.5. The normalized spacial score (nSPS) is 17.2. The molecule has 2 aromatic rings. The lowest BCUT2D eigenvalue weighted by atomic mass is 10.0. The van der Waals surface area contributed by atoms with Crippen LogP contribution in [0.25, 0.3) is 0 Å². The van der Waals surface area contributed by atoms with Gasteiger partial charge in [-0.1, -0.05) is 11.6 Å². The standard InChI is InChI=1S/C16H13ClF3NO3S2/c17-12-8-10(2-3-14(12)24-16(19)20)26(22,23)21-13-5-6-25-15-4-1-9(18)7-11(13)15/h1-4,7-8,13,16,21H,5-6H2. The molecule has 26 heavy (non-hydrogen) atoms. The van der Waals surface area contributed by atoms with Gasteiger partial charge in [-0.15, -0.1) is 11.8 Å². The Balaban J connectivity index is 1.86. The van der Waals surface area contributed by atoms with Crippen LogP contribution in [0, 0.1) is 5.82 Å². The number of hydrogen-bond donors (Lipinski definition) is 1. The monoisotopic (exact) mass is 423 g/mol. The third-order valence-corrected chi connectivity index (χ3v) is 6.63. The summed E-state index contributed by atoms with van der Waals surface area (Å²) in [6.45, 7) is -3.07. The van der Waals surface area contributed by atoms with Crippen LogP contribution in [0.5, 0.6) is 5.75 Å². The van der Waals surface area contributed by atoms with Crippen LogP contribution in [0.15, 0.2) is 46.2 Å². The number of fused-ring (bicyclic) bond motifs is 1. The molecule has 1 heterocycles. The van der Waals surface area contributed by atoms with Gasteiger partial charge in [0.25, 0.3) is 0 Å². The third-order valence-electron chi connectivity index (χ3n) is 3.74. The number of nitrogens with one attached hydrogen (secondary N) is 1. The van der Waals surface area contributed by atoms with Gasteiger partial charge in [0.1, 0.15) is 11.6 Å². The van der Waals surface area contributed by atoms with Gasteiger partial charge in [-0.05, 0) is 54.1 Å². The Kier molecular flexibility index (Phi) is 5.71. The van der Waals surface area contributed by atoms with Crippen molar-refractivity contribution in [3.8, 4) is 5.75 Å². The Hall–Kier alpha value is -1.42. The van der Waals surface area contributed by atoms with Crippen LogP contribution in [-0.4, -0.2) is 20.8 Å². The van der Waals surface area contributed by atoms with Crippen molar-refractivity contribution in [3.05, 3.63) is 52.8 Å². The van der Waals surface area contributed by atoms with E-state index < -0.39 is 28.5 Å². The second-order valence-electron chi connectivity index (χ2n) is 5.46. The molecule has 1 unspecified atom stereocenters. The van der Waals surface area contributed by atoms with Crippen LogP contribution in [-0.2, 0) is 10.0 Å². The Morgan fingerprint density at radius 3 is 2.69 bits per heavy atom. The average molecular weight is 424 g/mol. The van der Waals surface area contributed by atoms with Crippen molar-refractivity contribution in [2.24, 2.45) is 0 Å². The van der Waals surface area contributed by atoms with E-state index in [1.54, 1.807) is 6.07 Å². The van der Waals surface area contributed by atoms with Crippen molar-refractivity contribution in [1.29, 1.82) is 0 Å². The Labute approximate surface area is 157 Å². The molecule has 0 saturated carbocycles. The fraction of sp³-hybridized carbons (Fsp3) is 0.250. The van der Waals surface area contributed by atoms with Crippen molar-refractivity contribution in [1.82, 2.24) is 4.72 Å². The quantitative estimate of drug-likeness (QED) is 0.763. The van der Waals surface area contributed by atoms with Gasteiger partial charge in [-0.3, -0.25) is 0 Å². The molecule has 0 fully saturated rings. The zero-order valence-electron chi connectivity index (χ0n) is 13.1. The highest BCUT2D eigenvalue weighted by Crippen LogP contribution is 2.37. The van der Waals surface area contributed by atoms with E-state index in [1.807, 2.05) is 0 Å². The van der Waals surface area contributed by atoms with Crippen molar-refractivity contribution in [3.63, 3.8) is 0 Å². The number of hydrogen-bond acceptors (Lipinski definition) is 4. The van der Waals surface area contributed by atoms with Gasteiger partial charge in [-0.2, -0.15) is 8.78 Å². The lowest BCUT2D eigenvalue weighted by Crippen LogP contribution is -2.30. The summed E-state index contributed by atoms with van der Waals surface area (Å²) < 4.78 is 70.1. The van der Waals surface area contributed by atoms with E-state index in [0.29, 0.717) is 17.7 Å². The van der Waals surface area contributed by atoms with Gasteiger partial charge < -0.3 is 4.74 Å². The molecule has 0 aliphatic carbocycles. The SMILES string of the molecule is O=S(=O)(NC1CCSc2ccc(F)cc21)c1ccc(OC(F)F)c(Cl)c1. The highest BCUT2D eigenvalue weighted by atomic mass is 35.5. The predicted octanol–water partition coefficient (Wildman–Crippen LogP) is 4.60. The number of rotatable bonds is 5.